The second-order valence-corrected chi connectivity index (χ2v) is 5.20. The number of alkyl halides is 1. The fourth-order valence-electron chi connectivity index (χ4n) is 2.12. The van der Waals surface area contributed by atoms with Crippen molar-refractivity contribution in [2.45, 2.75) is 46.6 Å². The molecule has 0 aliphatic heterocycles. The summed E-state index contributed by atoms with van der Waals surface area (Å²) in [5.74, 6) is -0.161. The minimum Gasteiger partial charge on any atom is -0.358 e. The first-order valence-corrected chi connectivity index (χ1v) is 7.67. The summed E-state index contributed by atoms with van der Waals surface area (Å²) in [5.41, 5.74) is 3.26. The van der Waals surface area contributed by atoms with Crippen LogP contribution in [0.15, 0.2) is 18.2 Å². The SMILES string of the molecule is CCc1cccc(CC)c1N(COC(C)C)C(=O)CCl. The molecule has 1 aromatic rings. The van der Waals surface area contributed by atoms with Crippen LogP contribution >= 0.6 is 11.6 Å². The first kappa shape index (κ1) is 17.0. The van der Waals surface area contributed by atoms with Crippen LogP contribution in [0.4, 0.5) is 5.69 Å². The Balaban J connectivity index is 3.20. The highest BCUT2D eigenvalue weighted by Gasteiger charge is 2.20. The van der Waals surface area contributed by atoms with Crippen molar-refractivity contribution in [1.82, 2.24) is 0 Å². The molecule has 0 fully saturated rings. The molecule has 0 aliphatic rings. The molecule has 20 heavy (non-hydrogen) atoms. The molecule has 1 amide bonds. The predicted octanol–water partition coefficient (Wildman–Crippen LogP) is 3.77. The molecule has 4 heteroatoms. The van der Waals surface area contributed by atoms with E-state index in [2.05, 4.69) is 26.0 Å². The highest BCUT2D eigenvalue weighted by atomic mass is 35.5. The lowest BCUT2D eigenvalue weighted by molar-refractivity contribution is -0.117. The molecule has 0 aliphatic carbocycles. The highest BCUT2D eigenvalue weighted by molar-refractivity contribution is 6.29. The maximum atomic E-state index is 12.2. The van der Waals surface area contributed by atoms with Gasteiger partial charge >= 0.3 is 0 Å². The third-order valence-electron chi connectivity index (χ3n) is 3.19. The van der Waals surface area contributed by atoms with Gasteiger partial charge in [0.2, 0.25) is 5.91 Å². The number of para-hydroxylation sites is 1. The van der Waals surface area contributed by atoms with Gasteiger partial charge in [0, 0.05) is 0 Å². The summed E-state index contributed by atoms with van der Waals surface area (Å²) in [7, 11) is 0. The van der Waals surface area contributed by atoms with Gasteiger partial charge in [-0.25, -0.2) is 0 Å². The van der Waals surface area contributed by atoms with Crippen LogP contribution in [0.3, 0.4) is 0 Å². The van der Waals surface area contributed by atoms with Gasteiger partial charge in [-0.15, -0.1) is 11.6 Å². The van der Waals surface area contributed by atoms with Gasteiger partial charge in [0.1, 0.15) is 12.6 Å². The van der Waals surface area contributed by atoms with E-state index in [1.807, 2.05) is 19.9 Å². The van der Waals surface area contributed by atoms with Gasteiger partial charge in [-0.05, 0) is 37.8 Å². The van der Waals surface area contributed by atoms with E-state index >= 15 is 0 Å². The molecule has 0 spiro atoms. The molecular formula is C16H24ClNO2. The smallest absolute Gasteiger partial charge is 0.243 e. The lowest BCUT2D eigenvalue weighted by Gasteiger charge is -2.27. The summed E-state index contributed by atoms with van der Waals surface area (Å²) in [6.07, 6.45) is 1.81. The van der Waals surface area contributed by atoms with Crippen LogP contribution in [0.5, 0.6) is 0 Å². The van der Waals surface area contributed by atoms with Crippen LogP contribution in [-0.2, 0) is 22.4 Å². The number of carbonyl (C=O) groups excluding carboxylic acids is 1. The molecule has 1 aromatic carbocycles. The Morgan fingerprint density at radius 3 is 2.20 bits per heavy atom. The van der Waals surface area contributed by atoms with Gasteiger partial charge < -0.3 is 4.74 Å². The fourth-order valence-corrected chi connectivity index (χ4v) is 2.26. The quantitative estimate of drug-likeness (QED) is 0.566. The Kier molecular flexibility index (Phi) is 7.03. The third-order valence-corrected chi connectivity index (χ3v) is 3.42. The molecule has 0 bridgehead atoms. The average Bonchev–Trinajstić information content (AvgIpc) is 2.46. The molecule has 0 atom stereocenters. The molecule has 0 saturated carbocycles. The zero-order valence-electron chi connectivity index (χ0n) is 12.8. The summed E-state index contributed by atoms with van der Waals surface area (Å²) < 4.78 is 5.63. The van der Waals surface area contributed by atoms with Gasteiger partial charge in [-0.3, -0.25) is 9.69 Å². The van der Waals surface area contributed by atoms with Crippen molar-refractivity contribution in [2.24, 2.45) is 0 Å². The number of rotatable bonds is 7. The first-order valence-electron chi connectivity index (χ1n) is 7.13. The monoisotopic (exact) mass is 297 g/mol. The van der Waals surface area contributed by atoms with Crippen molar-refractivity contribution in [3.63, 3.8) is 0 Å². The number of anilines is 1. The molecule has 112 valence electrons. The third kappa shape index (κ3) is 4.22. The van der Waals surface area contributed by atoms with Gasteiger partial charge in [0.05, 0.1) is 11.8 Å². The number of aryl methyl sites for hydroxylation is 2. The molecule has 0 aromatic heterocycles. The van der Waals surface area contributed by atoms with E-state index in [-0.39, 0.29) is 24.6 Å². The molecule has 1 rings (SSSR count). The Hall–Kier alpha value is -1.06. The largest absolute Gasteiger partial charge is 0.358 e. The van der Waals surface area contributed by atoms with E-state index in [0.29, 0.717) is 0 Å². The molecule has 0 heterocycles. The van der Waals surface area contributed by atoms with Crippen molar-refractivity contribution in [3.05, 3.63) is 29.3 Å². The Morgan fingerprint density at radius 1 is 1.25 bits per heavy atom. The number of hydrogen-bond donors (Lipinski definition) is 0. The van der Waals surface area contributed by atoms with E-state index in [4.69, 9.17) is 16.3 Å². The fraction of sp³-hybridized carbons (Fsp3) is 0.562. The summed E-state index contributed by atoms with van der Waals surface area (Å²) in [5, 5.41) is 0. The number of halogens is 1. The maximum Gasteiger partial charge on any atom is 0.243 e. The average molecular weight is 298 g/mol. The van der Waals surface area contributed by atoms with Crippen molar-refractivity contribution < 1.29 is 9.53 Å². The molecule has 0 N–H and O–H groups in total. The number of ether oxygens (including phenoxy) is 1. The van der Waals surface area contributed by atoms with Crippen molar-refractivity contribution in [1.29, 1.82) is 0 Å². The van der Waals surface area contributed by atoms with Crippen LogP contribution < -0.4 is 4.90 Å². The Morgan fingerprint density at radius 2 is 1.80 bits per heavy atom. The Labute approximate surface area is 126 Å². The number of nitrogens with zero attached hydrogens (tertiary/aromatic N) is 1. The van der Waals surface area contributed by atoms with E-state index < -0.39 is 0 Å². The minimum atomic E-state index is -0.122. The number of carbonyl (C=O) groups is 1. The summed E-state index contributed by atoms with van der Waals surface area (Å²) in [6, 6.07) is 6.14. The normalized spacial score (nSPS) is 10.9. The number of amides is 1. The summed E-state index contributed by atoms with van der Waals surface area (Å²) in [6.45, 7) is 8.33. The van der Waals surface area contributed by atoms with Gasteiger partial charge in [-0.2, -0.15) is 0 Å². The van der Waals surface area contributed by atoms with Crippen LogP contribution in [-0.4, -0.2) is 24.6 Å². The zero-order chi connectivity index (χ0) is 15.1. The summed E-state index contributed by atoms with van der Waals surface area (Å²) >= 11 is 5.76. The van der Waals surface area contributed by atoms with Crippen LogP contribution in [0.25, 0.3) is 0 Å². The Bertz CT molecular complexity index is 424. The van der Waals surface area contributed by atoms with E-state index in [1.54, 1.807) is 4.90 Å². The van der Waals surface area contributed by atoms with Crippen molar-refractivity contribution in [3.8, 4) is 0 Å². The highest BCUT2D eigenvalue weighted by Crippen LogP contribution is 2.27. The molecule has 0 unspecified atom stereocenters. The molecule has 0 radical (unpaired) electrons. The van der Waals surface area contributed by atoms with Gasteiger partial charge in [0.15, 0.2) is 0 Å². The van der Waals surface area contributed by atoms with Crippen LogP contribution in [0.2, 0.25) is 0 Å². The maximum absolute atomic E-state index is 12.2. The van der Waals surface area contributed by atoms with E-state index in [0.717, 1.165) is 29.7 Å². The molecule has 0 saturated heterocycles. The van der Waals surface area contributed by atoms with E-state index in [1.165, 1.54) is 0 Å². The van der Waals surface area contributed by atoms with Crippen molar-refractivity contribution >= 4 is 23.2 Å². The first-order chi connectivity index (χ1) is 9.54. The van der Waals surface area contributed by atoms with Crippen LogP contribution in [0.1, 0.15) is 38.8 Å². The minimum absolute atomic E-state index is 0.0390. The second-order valence-electron chi connectivity index (χ2n) is 4.93. The van der Waals surface area contributed by atoms with Crippen LogP contribution in [0, 0.1) is 0 Å². The van der Waals surface area contributed by atoms with Gasteiger partial charge in [-0.1, -0.05) is 32.0 Å². The topological polar surface area (TPSA) is 29.5 Å². The lowest BCUT2D eigenvalue weighted by atomic mass is 10.0. The second kappa shape index (κ2) is 8.28. The van der Waals surface area contributed by atoms with E-state index in [9.17, 15) is 4.79 Å². The van der Waals surface area contributed by atoms with Crippen molar-refractivity contribution in [2.75, 3.05) is 17.5 Å². The lowest BCUT2D eigenvalue weighted by Crippen LogP contribution is -2.36. The number of benzene rings is 1. The van der Waals surface area contributed by atoms with Gasteiger partial charge in [0.25, 0.3) is 0 Å². The molecular weight excluding hydrogens is 274 g/mol. The molecule has 3 nitrogen and oxygen atoms in total. The number of hydrogen-bond acceptors (Lipinski definition) is 2. The summed E-state index contributed by atoms with van der Waals surface area (Å²) in [4.78, 5) is 13.8. The zero-order valence-corrected chi connectivity index (χ0v) is 13.5. The standard InChI is InChI=1S/C16H24ClNO2/c1-5-13-8-7-9-14(6-2)16(13)18(15(19)10-17)11-20-12(3)4/h7-9,12H,5-6,10-11H2,1-4H3. The predicted molar refractivity (Wildman–Crippen MR) is 84.5 cm³/mol.